The molecular weight excluding hydrogens is 308 g/mol. The summed E-state index contributed by atoms with van der Waals surface area (Å²) in [6.07, 6.45) is 1.41. The molecule has 106 valence electrons. The molecule has 0 radical (unpaired) electrons. The van der Waals surface area contributed by atoms with Crippen LogP contribution in [0.1, 0.15) is 20.8 Å². The van der Waals surface area contributed by atoms with Crippen LogP contribution in [0.15, 0.2) is 21.1 Å². The summed E-state index contributed by atoms with van der Waals surface area (Å²) in [5.74, 6) is -2.40. The Kier molecular flexibility index (Phi) is 5.43. The number of rotatable bonds is 3. The molecule has 0 saturated carbocycles. The Bertz CT molecular complexity index is 528. The number of carboxylic acid groups (broad SMARTS) is 1. The topological polar surface area (TPSA) is 77.4 Å². The van der Waals surface area contributed by atoms with Gasteiger partial charge in [-0.25, -0.2) is 4.21 Å². The van der Waals surface area contributed by atoms with Crippen LogP contribution in [0.5, 0.6) is 0 Å². The van der Waals surface area contributed by atoms with E-state index in [0.717, 1.165) is 0 Å². The van der Waals surface area contributed by atoms with Gasteiger partial charge in [0.1, 0.15) is 6.26 Å². The molecule has 0 aromatic rings. The first-order chi connectivity index (χ1) is 8.73. The number of aliphatic carboxylic acids is 1. The molecule has 1 rings (SSSR count). The van der Waals surface area contributed by atoms with Crippen LogP contribution in [0.25, 0.3) is 0 Å². The first-order valence-electron chi connectivity index (χ1n) is 5.58. The Morgan fingerprint density at radius 1 is 1.53 bits per heavy atom. The molecule has 2 unspecified atom stereocenters. The predicted octanol–water partition coefficient (Wildman–Crippen LogP) is 1.89. The zero-order chi connectivity index (χ0) is 14.9. The lowest BCUT2D eigenvalue weighted by Gasteiger charge is -2.28. The second-order valence-electron chi connectivity index (χ2n) is 4.54. The van der Waals surface area contributed by atoms with Gasteiger partial charge in [0.15, 0.2) is 10.8 Å². The summed E-state index contributed by atoms with van der Waals surface area (Å²) in [6, 6.07) is 0. The van der Waals surface area contributed by atoms with Crippen molar-refractivity contribution in [1.29, 1.82) is 0 Å². The van der Waals surface area contributed by atoms with E-state index >= 15 is 0 Å². The van der Waals surface area contributed by atoms with Crippen molar-refractivity contribution in [3.63, 3.8) is 0 Å². The highest BCUT2D eigenvalue weighted by atomic mass is 35.5. The molecule has 19 heavy (non-hydrogen) atoms. The molecule has 0 fully saturated rings. The third-order valence-corrected chi connectivity index (χ3v) is 5.23. The Balaban J connectivity index is 3.73. The summed E-state index contributed by atoms with van der Waals surface area (Å²) in [5, 5.41) is 9.70. The molecule has 0 bridgehead atoms. The molecule has 0 aliphatic heterocycles. The van der Waals surface area contributed by atoms with Gasteiger partial charge in [0.25, 0.3) is 0 Å². The quantitative estimate of drug-likeness (QED) is 0.636. The van der Waals surface area contributed by atoms with E-state index in [2.05, 4.69) is 0 Å². The Morgan fingerprint density at radius 3 is 2.37 bits per heavy atom. The molecule has 0 spiro atoms. The molecule has 4 nitrogen and oxygen atoms in total. The summed E-state index contributed by atoms with van der Waals surface area (Å²) in [4.78, 5) is 11.8. The van der Waals surface area contributed by atoms with E-state index in [1.807, 2.05) is 13.8 Å². The summed E-state index contributed by atoms with van der Waals surface area (Å²) in [7, 11) is 0. The number of halogens is 1. The summed E-state index contributed by atoms with van der Waals surface area (Å²) < 4.78 is 23.1. The fraction of sp³-hybridized carbons (Fsp3) is 0.500. The minimum Gasteiger partial charge on any atom is -0.612 e. The number of hydrogen-bond donors (Lipinski definition) is 1. The zero-order valence-corrected chi connectivity index (χ0v) is 13.4. The van der Waals surface area contributed by atoms with Gasteiger partial charge in [-0.3, -0.25) is 4.79 Å². The molecule has 1 aliphatic carbocycles. The van der Waals surface area contributed by atoms with Gasteiger partial charge >= 0.3 is 5.97 Å². The van der Waals surface area contributed by atoms with Gasteiger partial charge in [-0.05, 0) is 29.6 Å². The first kappa shape index (κ1) is 16.5. The van der Waals surface area contributed by atoms with Gasteiger partial charge in [0.2, 0.25) is 0 Å². The number of carboxylic acids is 1. The fourth-order valence-corrected chi connectivity index (χ4v) is 4.45. The molecule has 0 aromatic heterocycles. The molecule has 0 amide bonds. The van der Waals surface area contributed by atoms with Crippen molar-refractivity contribution in [2.75, 3.05) is 6.26 Å². The van der Waals surface area contributed by atoms with Crippen molar-refractivity contribution in [2.45, 2.75) is 20.8 Å². The standard InChI is InChI=1S/C12H15ClO4S2/c1-5(2)7-9(13)6(3)10(18-16)8(12(14)15)11(7)19(4)17/h5,8H,1-4H3,(H,14,15). The molecule has 7 heteroatoms. The normalized spacial score (nSPS) is 22.1. The molecule has 0 aromatic carbocycles. The lowest BCUT2D eigenvalue weighted by atomic mass is 9.86. The lowest BCUT2D eigenvalue weighted by molar-refractivity contribution is -0.138. The SMILES string of the molecule is CC1=C(Cl)C(C(C)C)=C([S+](C)[O-])C(C(=O)O)C1=S=O. The average Bonchev–Trinajstić information content (AvgIpc) is 2.30. The summed E-state index contributed by atoms with van der Waals surface area (Å²) in [6.45, 7) is 5.33. The Labute approximate surface area is 123 Å². The highest BCUT2D eigenvalue weighted by molar-refractivity contribution is 7.94. The van der Waals surface area contributed by atoms with Crippen molar-refractivity contribution in [3.05, 3.63) is 21.1 Å². The Hall–Kier alpha value is -0.560. The van der Waals surface area contributed by atoms with Crippen LogP contribution in [0.2, 0.25) is 0 Å². The van der Waals surface area contributed by atoms with Crippen molar-refractivity contribution in [3.8, 4) is 0 Å². The molecule has 1 N–H and O–H groups in total. The van der Waals surface area contributed by atoms with Gasteiger partial charge in [-0.1, -0.05) is 25.4 Å². The van der Waals surface area contributed by atoms with Crippen LogP contribution >= 0.6 is 11.6 Å². The van der Waals surface area contributed by atoms with Crippen LogP contribution in [0.3, 0.4) is 0 Å². The second kappa shape index (κ2) is 6.26. The van der Waals surface area contributed by atoms with E-state index in [9.17, 15) is 18.7 Å². The van der Waals surface area contributed by atoms with Crippen LogP contribution < -0.4 is 0 Å². The lowest BCUT2D eigenvalue weighted by Crippen LogP contribution is -2.35. The highest BCUT2D eigenvalue weighted by Crippen LogP contribution is 2.40. The highest BCUT2D eigenvalue weighted by Gasteiger charge is 2.42. The molecule has 0 saturated heterocycles. The van der Waals surface area contributed by atoms with Gasteiger partial charge in [-0.2, -0.15) is 0 Å². The zero-order valence-electron chi connectivity index (χ0n) is 11.0. The van der Waals surface area contributed by atoms with Crippen molar-refractivity contribution < 1.29 is 18.7 Å². The van der Waals surface area contributed by atoms with Crippen LogP contribution in [-0.4, -0.2) is 31.0 Å². The fourth-order valence-electron chi connectivity index (χ4n) is 2.10. The average molecular weight is 323 g/mol. The van der Waals surface area contributed by atoms with Gasteiger partial charge in [0, 0.05) is 5.57 Å². The monoisotopic (exact) mass is 322 g/mol. The molecule has 1 aliphatic rings. The van der Waals surface area contributed by atoms with E-state index < -0.39 is 23.1 Å². The van der Waals surface area contributed by atoms with E-state index in [-0.39, 0.29) is 26.9 Å². The molecule has 0 heterocycles. The maximum absolute atomic E-state index is 11.9. The van der Waals surface area contributed by atoms with E-state index in [0.29, 0.717) is 16.2 Å². The van der Waals surface area contributed by atoms with E-state index in [4.69, 9.17) is 11.6 Å². The van der Waals surface area contributed by atoms with Gasteiger partial charge < -0.3 is 9.66 Å². The maximum atomic E-state index is 11.9. The summed E-state index contributed by atoms with van der Waals surface area (Å²) >= 11 is 4.83. The third kappa shape index (κ3) is 2.97. The molecule has 2 atom stereocenters. The minimum atomic E-state index is -1.50. The van der Waals surface area contributed by atoms with Crippen LogP contribution in [0, 0.1) is 11.8 Å². The third-order valence-electron chi connectivity index (χ3n) is 2.95. The first-order valence-corrected chi connectivity index (χ1v) is 8.25. The Morgan fingerprint density at radius 2 is 2.05 bits per heavy atom. The van der Waals surface area contributed by atoms with Crippen LogP contribution in [0.4, 0.5) is 0 Å². The smallest absolute Gasteiger partial charge is 0.321 e. The van der Waals surface area contributed by atoms with Gasteiger partial charge in [0.05, 0.1) is 21.2 Å². The number of allylic oxidation sites excluding steroid dienone is 3. The molecular formula is C12H15ClO4S2. The maximum Gasteiger partial charge on any atom is 0.321 e. The number of hydrogen-bond acceptors (Lipinski definition) is 3. The number of carbonyl (C=O) groups is 1. The van der Waals surface area contributed by atoms with Gasteiger partial charge in [-0.15, -0.1) is 0 Å². The van der Waals surface area contributed by atoms with Crippen molar-refractivity contribution in [2.24, 2.45) is 11.8 Å². The second-order valence-corrected chi connectivity index (χ2v) is 6.88. The van der Waals surface area contributed by atoms with E-state index in [1.54, 1.807) is 6.92 Å². The van der Waals surface area contributed by atoms with E-state index in [1.165, 1.54) is 6.26 Å². The minimum absolute atomic E-state index is 0.0681. The largest absolute Gasteiger partial charge is 0.612 e. The predicted molar refractivity (Wildman–Crippen MR) is 78.8 cm³/mol. The summed E-state index contributed by atoms with van der Waals surface area (Å²) in [5.41, 5.74) is 1.04. The van der Waals surface area contributed by atoms with Crippen molar-refractivity contribution >= 4 is 44.9 Å². The van der Waals surface area contributed by atoms with Crippen molar-refractivity contribution in [1.82, 2.24) is 0 Å². The van der Waals surface area contributed by atoms with Crippen LogP contribution in [-0.2, 0) is 27.2 Å².